The van der Waals surface area contributed by atoms with Crippen LogP contribution in [0.25, 0.3) is 0 Å². The van der Waals surface area contributed by atoms with E-state index in [9.17, 15) is 4.79 Å². The molecule has 0 radical (unpaired) electrons. The molecule has 2 rings (SSSR count). The number of carbonyl (C=O) groups excluding carboxylic acids is 1. The molecule has 1 aliphatic heterocycles. The number of hydrogen-bond acceptors (Lipinski definition) is 3. The van der Waals surface area contributed by atoms with Crippen LogP contribution < -0.4 is 5.73 Å². The second kappa shape index (κ2) is 4.49. The van der Waals surface area contributed by atoms with Gasteiger partial charge >= 0.3 is 0 Å². The zero-order chi connectivity index (χ0) is 10.8. The summed E-state index contributed by atoms with van der Waals surface area (Å²) in [6, 6.07) is 1.32. The van der Waals surface area contributed by atoms with Crippen molar-refractivity contribution in [3.63, 3.8) is 0 Å². The lowest BCUT2D eigenvalue weighted by Gasteiger charge is -2.28. The van der Waals surface area contributed by atoms with Gasteiger partial charge in [0.2, 0.25) is 5.91 Å². The molecule has 1 amide bonds. The van der Waals surface area contributed by atoms with Crippen molar-refractivity contribution >= 4 is 5.91 Å². The van der Waals surface area contributed by atoms with Crippen molar-refractivity contribution in [2.75, 3.05) is 26.2 Å². The molecule has 86 valence electrons. The predicted octanol–water partition coefficient (Wildman–Crippen LogP) is 0.0303. The Hall–Kier alpha value is -0.610. The van der Waals surface area contributed by atoms with Crippen LogP contribution in [0.15, 0.2) is 0 Å². The van der Waals surface area contributed by atoms with Gasteiger partial charge in [-0.2, -0.15) is 0 Å². The summed E-state index contributed by atoms with van der Waals surface area (Å²) < 4.78 is 0. The first kappa shape index (κ1) is 10.9. The molecule has 0 aromatic heterocycles. The van der Waals surface area contributed by atoms with Crippen LogP contribution in [0.4, 0.5) is 0 Å². The Kier molecular flexibility index (Phi) is 3.26. The van der Waals surface area contributed by atoms with Crippen molar-refractivity contribution in [2.24, 2.45) is 5.73 Å². The first-order valence-electron chi connectivity index (χ1n) is 5.93. The Balaban J connectivity index is 1.89. The van der Waals surface area contributed by atoms with Gasteiger partial charge in [0, 0.05) is 45.2 Å². The highest BCUT2D eigenvalue weighted by atomic mass is 16.2. The fourth-order valence-corrected chi connectivity index (χ4v) is 2.52. The largest absolute Gasteiger partial charge is 0.341 e. The van der Waals surface area contributed by atoms with Crippen LogP contribution >= 0.6 is 0 Å². The average Bonchev–Trinajstić information content (AvgIpc) is 2.91. The van der Waals surface area contributed by atoms with Crippen molar-refractivity contribution in [3.05, 3.63) is 0 Å². The predicted molar refractivity (Wildman–Crippen MR) is 59.4 cm³/mol. The molecule has 15 heavy (non-hydrogen) atoms. The van der Waals surface area contributed by atoms with Gasteiger partial charge in [-0.15, -0.1) is 0 Å². The number of hydrogen-bond donors (Lipinski definition) is 1. The van der Waals surface area contributed by atoms with Gasteiger partial charge in [-0.3, -0.25) is 9.69 Å². The van der Waals surface area contributed by atoms with E-state index < -0.39 is 0 Å². The minimum Gasteiger partial charge on any atom is -0.341 e. The molecule has 1 unspecified atom stereocenters. The van der Waals surface area contributed by atoms with Crippen LogP contribution in [0.1, 0.15) is 26.2 Å². The van der Waals surface area contributed by atoms with E-state index in [2.05, 4.69) is 4.90 Å². The number of amides is 1. The quantitative estimate of drug-likeness (QED) is 0.714. The number of nitrogens with two attached hydrogens (primary N) is 1. The third-order valence-electron chi connectivity index (χ3n) is 3.48. The third-order valence-corrected chi connectivity index (χ3v) is 3.48. The maximum absolute atomic E-state index is 11.2. The smallest absolute Gasteiger partial charge is 0.219 e. The van der Waals surface area contributed by atoms with Crippen LogP contribution in [0.5, 0.6) is 0 Å². The first-order valence-corrected chi connectivity index (χ1v) is 5.93. The molecule has 1 saturated heterocycles. The molecular weight excluding hydrogens is 190 g/mol. The highest BCUT2D eigenvalue weighted by Crippen LogP contribution is 2.30. The van der Waals surface area contributed by atoms with E-state index in [0.717, 1.165) is 38.6 Å². The lowest BCUT2D eigenvalue weighted by Crippen LogP contribution is -2.42. The lowest BCUT2D eigenvalue weighted by atomic mass is 10.2. The molecule has 2 aliphatic rings. The van der Waals surface area contributed by atoms with Crippen LogP contribution in [-0.4, -0.2) is 54.0 Å². The molecule has 1 heterocycles. The van der Waals surface area contributed by atoms with Crippen LogP contribution in [0.2, 0.25) is 0 Å². The highest BCUT2D eigenvalue weighted by Gasteiger charge is 2.36. The van der Waals surface area contributed by atoms with Crippen molar-refractivity contribution in [2.45, 2.75) is 38.3 Å². The minimum absolute atomic E-state index is 0.209. The summed E-state index contributed by atoms with van der Waals surface area (Å²) in [4.78, 5) is 15.7. The fraction of sp³-hybridized carbons (Fsp3) is 0.909. The molecule has 0 aromatic carbocycles. The zero-order valence-corrected chi connectivity index (χ0v) is 9.48. The topological polar surface area (TPSA) is 49.6 Å². The summed E-state index contributed by atoms with van der Waals surface area (Å²) >= 11 is 0. The number of rotatable bonds is 4. The Labute approximate surface area is 91.4 Å². The van der Waals surface area contributed by atoms with E-state index in [-0.39, 0.29) is 5.91 Å². The molecule has 2 fully saturated rings. The molecule has 4 heteroatoms. The summed E-state index contributed by atoms with van der Waals surface area (Å²) in [7, 11) is 0. The minimum atomic E-state index is 0.209. The summed E-state index contributed by atoms with van der Waals surface area (Å²) in [5.74, 6) is 0.209. The summed E-state index contributed by atoms with van der Waals surface area (Å²) in [6.45, 7) is 5.21. The van der Waals surface area contributed by atoms with E-state index in [1.165, 1.54) is 12.8 Å². The number of nitrogens with zero attached hydrogens (tertiary/aromatic N) is 2. The van der Waals surface area contributed by atoms with Crippen molar-refractivity contribution in [1.82, 2.24) is 9.80 Å². The molecule has 1 saturated carbocycles. The van der Waals surface area contributed by atoms with Gasteiger partial charge in [-0.05, 0) is 19.3 Å². The second-order valence-electron chi connectivity index (χ2n) is 4.67. The van der Waals surface area contributed by atoms with Gasteiger partial charge in [-0.1, -0.05) is 0 Å². The van der Waals surface area contributed by atoms with E-state index in [1.54, 1.807) is 6.92 Å². The maximum Gasteiger partial charge on any atom is 0.219 e. The molecule has 1 aliphatic carbocycles. The average molecular weight is 211 g/mol. The van der Waals surface area contributed by atoms with Gasteiger partial charge in [-0.25, -0.2) is 0 Å². The Morgan fingerprint density at radius 1 is 1.40 bits per heavy atom. The standard InChI is InChI=1S/C11H21N3O/c1-9(15)13-6-4-11(8-13)14(7-5-12)10-2-3-10/h10-11H,2-8,12H2,1H3. The fourth-order valence-electron chi connectivity index (χ4n) is 2.52. The summed E-state index contributed by atoms with van der Waals surface area (Å²) in [6.07, 6.45) is 3.75. The molecule has 4 nitrogen and oxygen atoms in total. The molecular formula is C11H21N3O. The normalized spacial score (nSPS) is 26.3. The zero-order valence-electron chi connectivity index (χ0n) is 9.48. The van der Waals surface area contributed by atoms with Crippen LogP contribution in [-0.2, 0) is 4.79 Å². The van der Waals surface area contributed by atoms with Gasteiger partial charge in [0.1, 0.15) is 0 Å². The monoisotopic (exact) mass is 211 g/mol. The number of carbonyl (C=O) groups is 1. The summed E-state index contributed by atoms with van der Waals surface area (Å²) in [5, 5.41) is 0. The first-order chi connectivity index (χ1) is 7.22. The van der Waals surface area contributed by atoms with Gasteiger partial charge in [0.15, 0.2) is 0 Å². The molecule has 1 atom stereocenters. The summed E-state index contributed by atoms with van der Waals surface area (Å²) in [5.41, 5.74) is 5.63. The molecule has 2 N–H and O–H groups in total. The van der Waals surface area contributed by atoms with Crippen LogP contribution in [0, 0.1) is 0 Å². The Morgan fingerprint density at radius 3 is 2.60 bits per heavy atom. The molecule has 0 spiro atoms. The van der Waals surface area contributed by atoms with Crippen molar-refractivity contribution < 1.29 is 4.79 Å². The number of likely N-dealkylation sites (tertiary alicyclic amines) is 1. The Bertz CT molecular complexity index is 240. The van der Waals surface area contributed by atoms with Crippen molar-refractivity contribution in [3.8, 4) is 0 Å². The van der Waals surface area contributed by atoms with E-state index in [0.29, 0.717) is 6.04 Å². The van der Waals surface area contributed by atoms with Gasteiger partial charge in [0.05, 0.1) is 0 Å². The third kappa shape index (κ3) is 2.49. The molecule has 0 bridgehead atoms. The molecule has 0 aromatic rings. The van der Waals surface area contributed by atoms with Crippen molar-refractivity contribution in [1.29, 1.82) is 0 Å². The highest BCUT2D eigenvalue weighted by molar-refractivity contribution is 5.73. The Morgan fingerprint density at radius 2 is 2.13 bits per heavy atom. The maximum atomic E-state index is 11.2. The van der Waals surface area contributed by atoms with E-state index in [4.69, 9.17) is 5.73 Å². The van der Waals surface area contributed by atoms with E-state index >= 15 is 0 Å². The lowest BCUT2D eigenvalue weighted by molar-refractivity contribution is -0.127. The second-order valence-corrected chi connectivity index (χ2v) is 4.67. The van der Waals surface area contributed by atoms with Gasteiger partial charge < -0.3 is 10.6 Å². The van der Waals surface area contributed by atoms with Gasteiger partial charge in [0.25, 0.3) is 0 Å². The van der Waals surface area contributed by atoms with Crippen LogP contribution in [0.3, 0.4) is 0 Å². The SMILES string of the molecule is CC(=O)N1CCC(N(CCN)C2CC2)C1. The van der Waals surface area contributed by atoms with E-state index in [1.807, 2.05) is 4.90 Å².